The lowest BCUT2D eigenvalue weighted by Crippen LogP contribution is -2.44. The van der Waals surface area contributed by atoms with Crippen molar-refractivity contribution in [2.75, 3.05) is 20.2 Å². The van der Waals surface area contributed by atoms with Gasteiger partial charge in [0.15, 0.2) is 5.96 Å². The van der Waals surface area contributed by atoms with Gasteiger partial charge < -0.3 is 15.4 Å². The Bertz CT molecular complexity index is 828. The Labute approximate surface area is 169 Å². The molecule has 0 fully saturated rings. The van der Waals surface area contributed by atoms with E-state index in [-0.39, 0.29) is 6.04 Å². The Hall–Kier alpha value is -2.71. The summed E-state index contributed by atoms with van der Waals surface area (Å²) in [6.07, 6.45) is -3.53. The predicted molar refractivity (Wildman–Crippen MR) is 107 cm³/mol. The highest BCUT2D eigenvalue weighted by Gasteiger charge is 2.30. The van der Waals surface area contributed by atoms with Crippen LogP contribution in [0.15, 0.2) is 29.3 Å². The molecule has 6 nitrogen and oxygen atoms in total. The van der Waals surface area contributed by atoms with E-state index in [1.165, 1.54) is 17.7 Å². The van der Waals surface area contributed by atoms with E-state index in [9.17, 15) is 13.2 Å². The second-order valence-corrected chi connectivity index (χ2v) is 6.89. The molecule has 2 N–H and O–H groups in total. The van der Waals surface area contributed by atoms with Gasteiger partial charge in [-0.2, -0.15) is 18.3 Å². The number of alkyl halides is 3. The predicted octanol–water partition coefficient (Wildman–Crippen LogP) is 3.23. The van der Waals surface area contributed by atoms with Gasteiger partial charge >= 0.3 is 6.18 Å². The average molecular weight is 411 g/mol. The summed E-state index contributed by atoms with van der Waals surface area (Å²) in [4.78, 5) is 4.20. The molecule has 1 unspecified atom stereocenters. The van der Waals surface area contributed by atoms with Crippen molar-refractivity contribution in [1.82, 2.24) is 20.4 Å². The van der Waals surface area contributed by atoms with Crippen LogP contribution in [0.5, 0.6) is 5.75 Å². The van der Waals surface area contributed by atoms with Gasteiger partial charge in [0.25, 0.3) is 0 Å². The molecule has 1 atom stereocenters. The third kappa shape index (κ3) is 6.40. The standard InChI is InChI=1S/C20H28F3N5O/c1-13(12-18-14(2)27-28(5)15(18)3)26-19(24-4)25-10-11-29-17-8-6-16(7-9-17)20(21,22)23/h6-9,13H,10-12H2,1-5H3,(H2,24,25,26). The number of guanidine groups is 1. The maximum Gasteiger partial charge on any atom is 0.416 e. The smallest absolute Gasteiger partial charge is 0.416 e. The quantitative estimate of drug-likeness (QED) is 0.417. The first-order valence-electron chi connectivity index (χ1n) is 9.38. The van der Waals surface area contributed by atoms with Crippen LogP contribution < -0.4 is 15.4 Å². The Balaban J connectivity index is 1.77. The van der Waals surface area contributed by atoms with Gasteiger partial charge in [0.05, 0.1) is 17.8 Å². The van der Waals surface area contributed by atoms with Crippen molar-refractivity contribution in [1.29, 1.82) is 0 Å². The molecule has 160 valence electrons. The topological polar surface area (TPSA) is 63.5 Å². The summed E-state index contributed by atoms with van der Waals surface area (Å²) >= 11 is 0. The number of nitrogens with one attached hydrogen (secondary N) is 2. The van der Waals surface area contributed by atoms with E-state index >= 15 is 0 Å². The monoisotopic (exact) mass is 411 g/mol. The molecule has 0 saturated heterocycles. The van der Waals surface area contributed by atoms with Crippen molar-refractivity contribution >= 4 is 5.96 Å². The number of aryl methyl sites for hydroxylation is 2. The molecular formula is C20H28F3N5O. The zero-order chi connectivity index (χ0) is 21.6. The van der Waals surface area contributed by atoms with Crippen LogP contribution in [-0.2, 0) is 19.6 Å². The molecule has 1 aromatic heterocycles. The van der Waals surface area contributed by atoms with Gasteiger partial charge in [-0.25, -0.2) is 0 Å². The van der Waals surface area contributed by atoms with Crippen molar-refractivity contribution in [2.24, 2.45) is 12.0 Å². The Morgan fingerprint density at radius 2 is 1.90 bits per heavy atom. The lowest BCUT2D eigenvalue weighted by atomic mass is 10.1. The number of ether oxygens (including phenoxy) is 1. The molecule has 0 amide bonds. The fourth-order valence-electron chi connectivity index (χ4n) is 2.98. The highest BCUT2D eigenvalue weighted by Crippen LogP contribution is 2.30. The molecule has 2 aromatic rings. The third-order valence-corrected chi connectivity index (χ3v) is 4.62. The van der Waals surface area contributed by atoms with E-state index in [4.69, 9.17) is 4.74 Å². The van der Waals surface area contributed by atoms with Gasteiger partial charge in [0.1, 0.15) is 12.4 Å². The second-order valence-electron chi connectivity index (χ2n) is 6.89. The van der Waals surface area contributed by atoms with Crippen molar-refractivity contribution in [3.05, 3.63) is 46.8 Å². The van der Waals surface area contributed by atoms with Crippen LogP contribution in [-0.4, -0.2) is 42.0 Å². The molecule has 0 saturated carbocycles. The number of hydrogen-bond donors (Lipinski definition) is 2. The number of aromatic nitrogens is 2. The van der Waals surface area contributed by atoms with Crippen LogP contribution in [0.2, 0.25) is 0 Å². The highest BCUT2D eigenvalue weighted by molar-refractivity contribution is 5.79. The second kappa shape index (κ2) is 9.67. The van der Waals surface area contributed by atoms with E-state index in [0.29, 0.717) is 24.9 Å². The Morgan fingerprint density at radius 1 is 1.24 bits per heavy atom. The van der Waals surface area contributed by atoms with Crippen molar-refractivity contribution in [3.63, 3.8) is 0 Å². The normalized spacial score (nSPS) is 13.3. The molecule has 1 aromatic carbocycles. The van der Waals surface area contributed by atoms with Gasteiger partial charge in [0.2, 0.25) is 0 Å². The molecule has 0 aliphatic rings. The summed E-state index contributed by atoms with van der Waals surface area (Å²) < 4.78 is 45.1. The molecule has 0 spiro atoms. The Morgan fingerprint density at radius 3 is 2.41 bits per heavy atom. The lowest BCUT2D eigenvalue weighted by Gasteiger charge is -2.18. The molecular weight excluding hydrogens is 383 g/mol. The van der Waals surface area contributed by atoms with Crippen LogP contribution in [0, 0.1) is 13.8 Å². The molecule has 0 aliphatic carbocycles. The number of rotatable bonds is 7. The van der Waals surface area contributed by atoms with Gasteiger partial charge in [-0.1, -0.05) is 0 Å². The minimum atomic E-state index is -4.35. The van der Waals surface area contributed by atoms with Crippen LogP contribution in [0.25, 0.3) is 0 Å². The summed E-state index contributed by atoms with van der Waals surface area (Å²) in [5, 5.41) is 10.9. The van der Waals surface area contributed by atoms with E-state index in [0.717, 1.165) is 29.9 Å². The van der Waals surface area contributed by atoms with E-state index < -0.39 is 11.7 Å². The van der Waals surface area contributed by atoms with Crippen LogP contribution in [0.4, 0.5) is 13.2 Å². The summed E-state index contributed by atoms with van der Waals surface area (Å²) in [7, 11) is 3.61. The SMILES string of the molecule is CN=C(NCCOc1ccc(C(F)(F)F)cc1)NC(C)Cc1c(C)nn(C)c1C. The third-order valence-electron chi connectivity index (χ3n) is 4.62. The minimum absolute atomic E-state index is 0.138. The van der Waals surface area contributed by atoms with Crippen molar-refractivity contribution < 1.29 is 17.9 Å². The maximum absolute atomic E-state index is 12.6. The molecule has 0 radical (unpaired) electrons. The first-order valence-corrected chi connectivity index (χ1v) is 9.38. The molecule has 9 heteroatoms. The zero-order valence-electron chi connectivity index (χ0n) is 17.4. The molecule has 29 heavy (non-hydrogen) atoms. The summed E-state index contributed by atoms with van der Waals surface area (Å²) in [6, 6.07) is 4.78. The molecule has 0 aliphatic heterocycles. The van der Waals surface area contributed by atoms with Crippen molar-refractivity contribution in [2.45, 2.75) is 39.4 Å². The van der Waals surface area contributed by atoms with Gasteiger partial charge in [0, 0.05) is 25.8 Å². The number of nitrogens with zero attached hydrogens (tertiary/aromatic N) is 3. The van der Waals surface area contributed by atoms with E-state index in [2.05, 4.69) is 27.6 Å². The Kier molecular flexibility index (Phi) is 7.53. The first-order chi connectivity index (χ1) is 13.6. The largest absolute Gasteiger partial charge is 0.492 e. The molecule has 1 heterocycles. The summed E-state index contributed by atoms with van der Waals surface area (Å²) in [5.41, 5.74) is 2.69. The van der Waals surface area contributed by atoms with Gasteiger partial charge in [-0.05, 0) is 57.0 Å². The van der Waals surface area contributed by atoms with Crippen molar-refractivity contribution in [3.8, 4) is 5.75 Å². The first kappa shape index (κ1) is 22.6. The van der Waals surface area contributed by atoms with Gasteiger partial charge in [-0.15, -0.1) is 0 Å². The lowest BCUT2D eigenvalue weighted by molar-refractivity contribution is -0.137. The fraction of sp³-hybridized carbons (Fsp3) is 0.500. The van der Waals surface area contributed by atoms with E-state index in [1.807, 2.05) is 25.6 Å². The number of benzene rings is 1. The van der Waals surface area contributed by atoms with Gasteiger partial charge in [-0.3, -0.25) is 9.67 Å². The highest BCUT2D eigenvalue weighted by atomic mass is 19.4. The van der Waals surface area contributed by atoms with Crippen LogP contribution >= 0.6 is 0 Å². The van der Waals surface area contributed by atoms with Crippen LogP contribution in [0.3, 0.4) is 0 Å². The van der Waals surface area contributed by atoms with E-state index in [1.54, 1.807) is 7.05 Å². The zero-order valence-corrected chi connectivity index (χ0v) is 17.4. The van der Waals surface area contributed by atoms with Crippen LogP contribution in [0.1, 0.15) is 29.4 Å². The maximum atomic E-state index is 12.6. The number of halogens is 3. The summed E-state index contributed by atoms with van der Waals surface area (Å²) in [5.74, 6) is 1.02. The average Bonchev–Trinajstić information content (AvgIpc) is 2.90. The summed E-state index contributed by atoms with van der Waals surface area (Å²) in [6.45, 7) is 6.87. The minimum Gasteiger partial charge on any atom is -0.492 e. The number of hydrogen-bond acceptors (Lipinski definition) is 3. The fourth-order valence-corrected chi connectivity index (χ4v) is 2.98. The number of aliphatic imine (C=N–C) groups is 1. The molecule has 2 rings (SSSR count). The molecule has 0 bridgehead atoms.